The van der Waals surface area contributed by atoms with Gasteiger partial charge in [0.1, 0.15) is 11.6 Å². The lowest BCUT2D eigenvalue weighted by Crippen LogP contribution is -2.56. The fourth-order valence-corrected chi connectivity index (χ4v) is 6.84. The van der Waals surface area contributed by atoms with Crippen molar-refractivity contribution in [3.63, 3.8) is 0 Å². The number of nitrogens with one attached hydrogen (secondary N) is 2. The standard InChI is InChI=1S/C29H29Cl2N3O4/c30-20-12-11-19(15-21(20)31)33-26(35)23-22-13-14-29(38-22)24(23)28(37)34(16-17-7-3-1-4-8-17)25(29)27(36)32-18-9-5-2-6-10-18/h1,3-4,7-8,11-15,18,22-25H,2,5-6,9-10,16H2,(H,32,36)(H,33,35)/t22-,23?,24-,25?,29?/m0/s1. The number of hydrogen-bond acceptors (Lipinski definition) is 4. The number of carbonyl (C=O) groups excluding carboxylic acids is 3. The monoisotopic (exact) mass is 553 g/mol. The summed E-state index contributed by atoms with van der Waals surface area (Å²) in [5, 5.41) is 6.78. The van der Waals surface area contributed by atoms with Crippen molar-refractivity contribution in [3.8, 4) is 0 Å². The zero-order chi connectivity index (χ0) is 26.4. The topological polar surface area (TPSA) is 87.7 Å². The van der Waals surface area contributed by atoms with E-state index in [4.69, 9.17) is 27.9 Å². The average Bonchev–Trinajstić information content (AvgIpc) is 3.55. The first-order valence-electron chi connectivity index (χ1n) is 13.2. The van der Waals surface area contributed by atoms with Crippen molar-refractivity contribution in [2.24, 2.45) is 11.8 Å². The predicted octanol–water partition coefficient (Wildman–Crippen LogP) is 4.73. The van der Waals surface area contributed by atoms with Gasteiger partial charge in [-0.25, -0.2) is 0 Å². The molecule has 3 unspecified atom stereocenters. The molecule has 3 amide bonds. The molecule has 2 saturated heterocycles. The minimum Gasteiger partial charge on any atom is -0.359 e. The molecule has 9 heteroatoms. The zero-order valence-electron chi connectivity index (χ0n) is 20.7. The molecular weight excluding hydrogens is 525 g/mol. The number of amides is 3. The zero-order valence-corrected chi connectivity index (χ0v) is 22.3. The van der Waals surface area contributed by atoms with Crippen LogP contribution < -0.4 is 10.6 Å². The number of halogens is 2. The maximum atomic E-state index is 14.1. The second-order valence-electron chi connectivity index (χ2n) is 10.6. The van der Waals surface area contributed by atoms with Gasteiger partial charge < -0.3 is 20.3 Å². The van der Waals surface area contributed by atoms with Gasteiger partial charge in [0.25, 0.3) is 0 Å². The van der Waals surface area contributed by atoms with Gasteiger partial charge in [-0.1, -0.05) is 84.9 Å². The number of hydrogen-bond donors (Lipinski definition) is 2. The van der Waals surface area contributed by atoms with Crippen LogP contribution in [0.15, 0.2) is 60.7 Å². The molecule has 2 bridgehead atoms. The highest BCUT2D eigenvalue weighted by atomic mass is 35.5. The third-order valence-corrected chi connectivity index (χ3v) is 9.00. The summed E-state index contributed by atoms with van der Waals surface area (Å²) in [6, 6.07) is 13.6. The van der Waals surface area contributed by atoms with Crippen molar-refractivity contribution in [3.05, 3.63) is 76.3 Å². The SMILES string of the molecule is O=C(Nc1ccc(Cl)c(Cl)c1)C1[C@@H]2C=CC3(O2)C(C(=O)NC2CCCCC2)N(Cc2ccccc2)C(=O)[C@H]13. The average molecular weight is 554 g/mol. The highest BCUT2D eigenvalue weighted by Gasteiger charge is 2.72. The van der Waals surface area contributed by atoms with E-state index in [1.807, 2.05) is 42.5 Å². The van der Waals surface area contributed by atoms with E-state index in [0.29, 0.717) is 15.7 Å². The number of carbonyl (C=O) groups is 3. The lowest BCUT2D eigenvalue weighted by molar-refractivity contribution is -0.142. The fraction of sp³-hybridized carbons (Fsp3) is 0.414. The highest BCUT2D eigenvalue weighted by Crippen LogP contribution is 2.55. The second-order valence-corrected chi connectivity index (χ2v) is 11.4. The summed E-state index contributed by atoms with van der Waals surface area (Å²) in [5.41, 5.74) is 0.181. The molecule has 7 nitrogen and oxygen atoms in total. The number of anilines is 1. The highest BCUT2D eigenvalue weighted by molar-refractivity contribution is 6.42. The number of likely N-dealkylation sites (tertiary alicyclic amines) is 1. The van der Waals surface area contributed by atoms with Crippen LogP contribution in [0.5, 0.6) is 0 Å². The fourth-order valence-electron chi connectivity index (χ4n) is 6.54. The third-order valence-electron chi connectivity index (χ3n) is 8.26. The van der Waals surface area contributed by atoms with Crippen LogP contribution in [0.4, 0.5) is 5.69 Å². The van der Waals surface area contributed by atoms with Crippen molar-refractivity contribution in [2.45, 2.75) is 62.4 Å². The summed E-state index contributed by atoms with van der Waals surface area (Å²) in [5.74, 6) is -2.43. The minimum absolute atomic E-state index is 0.0803. The summed E-state index contributed by atoms with van der Waals surface area (Å²) in [6.45, 7) is 0.254. The number of nitrogens with zero attached hydrogens (tertiary/aromatic N) is 1. The molecule has 1 spiro atoms. The molecule has 6 rings (SSSR count). The van der Waals surface area contributed by atoms with Gasteiger partial charge in [-0.15, -0.1) is 0 Å². The molecule has 3 heterocycles. The second kappa shape index (κ2) is 10.0. The van der Waals surface area contributed by atoms with Gasteiger partial charge in [-0.3, -0.25) is 14.4 Å². The largest absolute Gasteiger partial charge is 0.359 e. The van der Waals surface area contributed by atoms with Gasteiger partial charge in [0.05, 0.1) is 28.0 Å². The molecule has 1 saturated carbocycles. The first kappa shape index (κ1) is 25.4. The molecule has 3 fully saturated rings. The molecule has 2 N–H and O–H groups in total. The van der Waals surface area contributed by atoms with E-state index in [-0.39, 0.29) is 30.3 Å². The van der Waals surface area contributed by atoms with Crippen molar-refractivity contribution in [2.75, 3.05) is 5.32 Å². The molecule has 4 aliphatic rings. The number of rotatable bonds is 6. The van der Waals surface area contributed by atoms with Crippen LogP contribution in [0.2, 0.25) is 10.0 Å². The van der Waals surface area contributed by atoms with E-state index in [2.05, 4.69) is 10.6 Å². The molecule has 38 heavy (non-hydrogen) atoms. The Balaban J connectivity index is 1.32. The lowest BCUT2D eigenvalue weighted by atomic mass is 9.74. The van der Waals surface area contributed by atoms with Crippen molar-refractivity contribution >= 4 is 46.6 Å². The Morgan fingerprint density at radius 1 is 1.00 bits per heavy atom. The molecule has 1 aliphatic carbocycles. The van der Waals surface area contributed by atoms with Crippen LogP contribution in [0.3, 0.4) is 0 Å². The van der Waals surface area contributed by atoms with Gasteiger partial charge in [0.2, 0.25) is 17.7 Å². The van der Waals surface area contributed by atoms with Crippen molar-refractivity contribution in [1.82, 2.24) is 10.2 Å². The van der Waals surface area contributed by atoms with Crippen molar-refractivity contribution in [1.29, 1.82) is 0 Å². The Hall–Kier alpha value is -2.87. The molecular formula is C29H29Cl2N3O4. The Kier molecular flexibility index (Phi) is 6.70. The maximum absolute atomic E-state index is 14.1. The van der Waals surface area contributed by atoms with Crippen LogP contribution in [-0.4, -0.2) is 46.4 Å². The third kappa shape index (κ3) is 4.31. The van der Waals surface area contributed by atoms with E-state index in [1.165, 1.54) is 6.42 Å². The molecule has 5 atom stereocenters. The Labute approximate surface area is 231 Å². The summed E-state index contributed by atoms with van der Waals surface area (Å²) < 4.78 is 6.42. The van der Waals surface area contributed by atoms with E-state index in [0.717, 1.165) is 31.2 Å². The Morgan fingerprint density at radius 3 is 2.50 bits per heavy atom. The van der Waals surface area contributed by atoms with Crippen LogP contribution in [0, 0.1) is 11.8 Å². The summed E-state index contributed by atoms with van der Waals surface area (Å²) in [7, 11) is 0. The van der Waals surface area contributed by atoms with Gasteiger partial charge in [-0.05, 0) is 36.6 Å². The maximum Gasteiger partial charge on any atom is 0.246 e. The Bertz CT molecular complexity index is 1300. The van der Waals surface area contributed by atoms with Gasteiger partial charge in [-0.2, -0.15) is 0 Å². The molecule has 2 aromatic carbocycles. The molecule has 198 valence electrons. The van der Waals surface area contributed by atoms with Gasteiger partial charge in [0.15, 0.2) is 0 Å². The van der Waals surface area contributed by atoms with Gasteiger partial charge in [0, 0.05) is 18.3 Å². The molecule has 0 aromatic heterocycles. The number of fused-ring (bicyclic) bond motifs is 1. The first-order valence-corrected chi connectivity index (χ1v) is 13.9. The van der Waals surface area contributed by atoms with Crippen LogP contribution in [0.25, 0.3) is 0 Å². The lowest BCUT2D eigenvalue weighted by Gasteiger charge is -2.34. The van der Waals surface area contributed by atoms with E-state index in [1.54, 1.807) is 23.1 Å². The molecule has 2 aromatic rings. The van der Waals surface area contributed by atoms with E-state index < -0.39 is 29.6 Å². The summed E-state index contributed by atoms with van der Waals surface area (Å²) in [4.78, 5) is 43.1. The normalized spacial score (nSPS) is 29.9. The smallest absolute Gasteiger partial charge is 0.246 e. The van der Waals surface area contributed by atoms with E-state index >= 15 is 0 Å². The number of ether oxygens (including phenoxy) is 1. The van der Waals surface area contributed by atoms with Gasteiger partial charge >= 0.3 is 0 Å². The van der Waals surface area contributed by atoms with Crippen molar-refractivity contribution < 1.29 is 19.1 Å². The van der Waals surface area contributed by atoms with Crippen LogP contribution in [0.1, 0.15) is 37.7 Å². The Morgan fingerprint density at radius 2 is 1.76 bits per heavy atom. The summed E-state index contributed by atoms with van der Waals surface area (Å²) in [6.07, 6.45) is 8.22. The first-order chi connectivity index (χ1) is 18.4. The van der Waals surface area contributed by atoms with Crippen LogP contribution >= 0.6 is 23.2 Å². The summed E-state index contributed by atoms with van der Waals surface area (Å²) >= 11 is 12.2. The minimum atomic E-state index is -1.20. The predicted molar refractivity (Wildman–Crippen MR) is 145 cm³/mol. The molecule has 0 radical (unpaired) electrons. The van der Waals surface area contributed by atoms with Crippen LogP contribution in [-0.2, 0) is 25.7 Å². The number of benzene rings is 2. The quantitative estimate of drug-likeness (QED) is 0.506. The van der Waals surface area contributed by atoms with E-state index in [9.17, 15) is 14.4 Å². The molecule has 3 aliphatic heterocycles.